The van der Waals surface area contributed by atoms with Gasteiger partial charge < -0.3 is 5.32 Å². The molecule has 0 fully saturated rings. The summed E-state index contributed by atoms with van der Waals surface area (Å²) < 4.78 is 12.9. The molecule has 1 aromatic rings. The zero-order valence-corrected chi connectivity index (χ0v) is 11.0. The van der Waals surface area contributed by atoms with Gasteiger partial charge in [0.25, 0.3) is 5.91 Å². The molecule has 18 heavy (non-hydrogen) atoms. The first-order valence-corrected chi connectivity index (χ1v) is 6.04. The Balaban J connectivity index is 2.99. The molecule has 0 heterocycles. The lowest BCUT2D eigenvalue weighted by Crippen LogP contribution is -2.46. The lowest BCUT2D eigenvalue weighted by molar-refractivity contribution is 0.0915. The Morgan fingerprint density at radius 3 is 2.56 bits per heavy atom. The summed E-state index contributed by atoms with van der Waals surface area (Å²) in [5.41, 5.74) is -0.742. The summed E-state index contributed by atoms with van der Waals surface area (Å²) in [6.07, 6.45) is 0.981. The number of halogens is 2. The Bertz CT molecular complexity index is 492. The number of carbonyl (C=O) groups is 1. The van der Waals surface area contributed by atoms with Gasteiger partial charge in [0.05, 0.1) is 16.7 Å². The van der Waals surface area contributed by atoms with E-state index in [0.717, 1.165) is 12.1 Å². The highest BCUT2D eigenvalue weighted by atomic mass is 35.5. The van der Waals surface area contributed by atoms with Crippen molar-refractivity contribution in [3.05, 3.63) is 34.6 Å². The predicted molar refractivity (Wildman–Crippen MR) is 67.8 cm³/mol. The molecule has 0 radical (unpaired) electrons. The number of nitrogens with zero attached hydrogens (tertiary/aromatic N) is 1. The summed E-state index contributed by atoms with van der Waals surface area (Å²) in [7, 11) is 0. The fraction of sp³-hybridized carbons (Fsp3) is 0.385. The number of hydrogen-bond donors (Lipinski definition) is 1. The lowest BCUT2D eigenvalue weighted by atomic mass is 9.94. The first kappa shape index (κ1) is 14.5. The summed E-state index contributed by atoms with van der Waals surface area (Å²) in [6, 6.07) is 5.63. The van der Waals surface area contributed by atoms with E-state index in [1.807, 2.05) is 13.8 Å². The van der Waals surface area contributed by atoms with Crippen LogP contribution in [0.1, 0.15) is 37.0 Å². The molecule has 0 aliphatic heterocycles. The fourth-order valence-electron chi connectivity index (χ4n) is 1.57. The summed E-state index contributed by atoms with van der Waals surface area (Å²) in [5, 5.41) is 11.8. The summed E-state index contributed by atoms with van der Waals surface area (Å²) in [4.78, 5) is 12.0. The molecule has 0 unspecified atom stereocenters. The molecule has 0 aliphatic carbocycles. The molecule has 0 saturated heterocycles. The quantitative estimate of drug-likeness (QED) is 0.911. The smallest absolute Gasteiger partial charge is 0.254 e. The van der Waals surface area contributed by atoms with Gasteiger partial charge in [0.2, 0.25) is 0 Å². The Morgan fingerprint density at radius 1 is 1.50 bits per heavy atom. The maximum atomic E-state index is 12.9. The van der Waals surface area contributed by atoms with E-state index in [4.69, 9.17) is 16.9 Å². The molecular weight excluding hydrogens is 255 g/mol. The van der Waals surface area contributed by atoms with E-state index in [1.54, 1.807) is 0 Å². The van der Waals surface area contributed by atoms with Gasteiger partial charge in [-0.2, -0.15) is 5.26 Å². The number of amides is 1. The van der Waals surface area contributed by atoms with Crippen molar-refractivity contribution in [3.8, 4) is 6.07 Å². The Hall–Kier alpha value is -1.60. The molecule has 0 saturated carbocycles. The second-order valence-corrected chi connectivity index (χ2v) is 4.39. The van der Waals surface area contributed by atoms with Crippen LogP contribution < -0.4 is 5.32 Å². The molecule has 0 atom stereocenters. The van der Waals surface area contributed by atoms with Crippen molar-refractivity contribution in [2.24, 2.45) is 0 Å². The highest BCUT2D eigenvalue weighted by Gasteiger charge is 2.28. The van der Waals surface area contributed by atoms with Crippen molar-refractivity contribution in [1.82, 2.24) is 5.32 Å². The van der Waals surface area contributed by atoms with Crippen molar-refractivity contribution >= 4 is 17.5 Å². The second kappa shape index (κ2) is 5.83. The Morgan fingerprint density at radius 2 is 2.11 bits per heavy atom. The molecule has 0 bridgehead atoms. The minimum absolute atomic E-state index is 0.0338. The molecular formula is C13H14ClFN2O. The average molecular weight is 269 g/mol. The van der Waals surface area contributed by atoms with Gasteiger partial charge in [-0.25, -0.2) is 4.39 Å². The van der Waals surface area contributed by atoms with Crippen LogP contribution in [0.3, 0.4) is 0 Å². The number of rotatable bonds is 4. The maximum absolute atomic E-state index is 12.9. The van der Waals surface area contributed by atoms with E-state index < -0.39 is 17.3 Å². The summed E-state index contributed by atoms with van der Waals surface area (Å²) in [6.45, 7) is 3.64. The minimum Gasteiger partial charge on any atom is -0.334 e. The van der Waals surface area contributed by atoms with Gasteiger partial charge in [0.1, 0.15) is 11.4 Å². The first-order chi connectivity index (χ1) is 8.48. The van der Waals surface area contributed by atoms with E-state index in [1.165, 1.54) is 6.07 Å². The third kappa shape index (κ3) is 2.99. The molecule has 1 N–H and O–H groups in total. The number of hydrogen-bond acceptors (Lipinski definition) is 2. The van der Waals surface area contributed by atoms with Crippen LogP contribution in [-0.2, 0) is 0 Å². The number of nitrogens with one attached hydrogen (secondary N) is 1. The average Bonchev–Trinajstić information content (AvgIpc) is 2.36. The van der Waals surface area contributed by atoms with Crippen LogP contribution >= 0.6 is 11.6 Å². The monoisotopic (exact) mass is 268 g/mol. The second-order valence-electron chi connectivity index (χ2n) is 3.98. The molecule has 1 rings (SSSR count). The lowest BCUT2D eigenvalue weighted by Gasteiger charge is -2.25. The van der Waals surface area contributed by atoms with Crippen molar-refractivity contribution in [2.45, 2.75) is 32.2 Å². The number of carbonyl (C=O) groups excluding carboxylic acids is 1. The number of benzene rings is 1. The summed E-state index contributed by atoms with van der Waals surface area (Å²) in [5.74, 6) is -0.973. The Labute approximate surface area is 111 Å². The molecule has 1 amide bonds. The standard InChI is InChI=1S/C13H14ClFN2O/c1-3-13(4-2,8-16)17-12(18)10-6-5-9(15)7-11(10)14/h5-7H,3-4H2,1-2H3,(H,17,18). The number of nitriles is 1. The molecule has 3 nitrogen and oxygen atoms in total. The highest BCUT2D eigenvalue weighted by molar-refractivity contribution is 6.33. The summed E-state index contributed by atoms with van der Waals surface area (Å²) >= 11 is 5.80. The minimum atomic E-state index is -0.908. The van der Waals surface area contributed by atoms with Crippen molar-refractivity contribution in [3.63, 3.8) is 0 Å². The molecule has 5 heteroatoms. The topological polar surface area (TPSA) is 52.9 Å². The molecule has 0 spiro atoms. The Kier molecular flexibility index (Phi) is 4.69. The van der Waals surface area contributed by atoms with Crippen LogP contribution in [-0.4, -0.2) is 11.4 Å². The van der Waals surface area contributed by atoms with Crippen LogP contribution in [0, 0.1) is 17.1 Å². The fourth-order valence-corrected chi connectivity index (χ4v) is 1.82. The van der Waals surface area contributed by atoms with Crippen molar-refractivity contribution in [1.29, 1.82) is 5.26 Å². The van der Waals surface area contributed by atoms with Gasteiger partial charge in [-0.1, -0.05) is 25.4 Å². The van der Waals surface area contributed by atoms with Crippen LogP contribution in [0.25, 0.3) is 0 Å². The molecule has 0 aliphatic rings. The third-order valence-electron chi connectivity index (χ3n) is 2.95. The first-order valence-electron chi connectivity index (χ1n) is 5.67. The van der Waals surface area contributed by atoms with Gasteiger partial charge in [-0.15, -0.1) is 0 Å². The molecule has 1 aromatic carbocycles. The van der Waals surface area contributed by atoms with Crippen LogP contribution in [0.4, 0.5) is 4.39 Å². The predicted octanol–water partition coefficient (Wildman–Crippen LogP) is 3.29. The highest BCUT2D eigenvalue weighted by Crippen LogP contribution is 2.20. The van der Waals surface area contributed by atoms with E-state index in [-0.39, 0.29) is 10.6 Å². The van der Waals surface area contributed by atoms with Crippen LogP contribution in [0.15, 0.2) is 18.2 Å². The van der Waals surface area contributed by atoms with Gasteiger partial charge in [-0.05, 0) is 31.0 Å². The van der Waals surface area contributed by atoms with Crippen LogP contribution in [0.2, 0.25) is 5.02 Å². The molecule has 96 valence electrons. The van der Waals surface area contributed by atoms with Gasteiger partial charge >= 0.3 is 0 Å². The largest absolute Gasteiger partial charge is 0.334 e. The van der Waals surface area contributed by atoms with Gasteiger partial charge in [0.15, 0.2) is 0 Å². The van der Waals surface area contributed by atoms with E-state index >= 15 is 0 Å². The van der Waals surface area contributed by atoms with Gasteiger partial charge in [-0.3, -0.25) is 4.79 Å². The van der Waals surface area contributed by atoms with Crippen molar-refractivity contribution in [2.75, 3.05) is 0 Å². The third-order valence-corrected chi connectivity index (χ3v) is 3.26. The molecule has 0 aromatic heterocycles. The SMILES string of the molecule is CCC(C#N)(CC)NC(=O)c1ccc(F)cc1Cl. The van der Waals surface area contributed by atoms with E-state index in [0.29, 0.717) is 12.8 Å². The zero-order valence-electron chi connectivity index (χ0n) is 10.3. The van der Waals surface area contributed by atoms with E-state index in [2.05, 4.69) is 11.4 Å². The van der Waals surface area contributed by atoms with Gasteiger partial charge in [0, 0.05) is 0 Å². The zero-order chi connectivity index (χ0) is 13.8. The normalized spacial score (nSPS) is 10.8. The maximum Gasteiger partial charge on any atom is 0.254 e. The van der Waals surface area contributed by atoms with E-state index in [9.17, 15) is 9.18 Å². The van der Waals surface area contributed by atoms with Crippen LogP contribution in [0.5, 0.6) is 0 Å². The van der Waals surface area contributed by atoms with Crippen molar-refractivity contribution < 1.29 is 9.18 Å².